The summed E-state index contributed by atoms with van der Waals surface area (Å²) in [5.74, 6) is 0.739. The van der Waals surface area contributed by atoms with Crippen molar-refractivity contribution in [2.24, 2.45) is 0 Å². The number of ether oxygens (including phenoxy) is 1. The molecule has 0 fully saturated rings. The summed E-state index contributed by atoms with van der Waals surface area (Å²) in [7, 11) is 0. The van der Waals surface area contributed by atoms with Gasteiger partial charge in [0.15, 0.2) is 0 Å². The SMILES string of the molecule is Cc1ccc(Cl)c(OCc2ccccc2CNC(C)C)c1. The van der Waals surface area contributed by atoms with Gasteiger partial charge in [0.05, 0.1) is 5.02 Å². The predicted octanol–water partition coefficient (Wildman–Crippen LogP) is 4.73. The minimum absolute atomic E-state index is 0.463. The zero-order valence-electron chi connectivity index (χ0n) is 12.8. The van der Waals surface area contributed by atoms with Crippen LogP contribution in [0.2, 0.25) is 5.02 Å². The second kappa shape index (κ2) is 7.48. The van der Waals surface area contributed by atoms with Crippen LogP contribution in [0.1, 0.15) is 30.5 Å². The van der Waals surface area contributed by atoms with Gasteiger partial charge >= 0.3 is 0 Å². The standard InChI is InChI=1S/C18H22ClNO/c1-13(2)20-11-15-6-4-5-7-16(15)12-21-18-10-14(3)8-9-17(18)19/h4-10,13,20H,11-12H2,1-3H3. The molecule has 0 radical (unpaired) electrons. The predicted molar refractivity (Wildman–Crippen MR) is 88.9 cm³/mol. The normalized spacial score (nSPS) is 10.9. The van der Waals surface area contributed by atoms with E-state index in [9.17, 15) is 0 Å². The van der Waals surface area contributed by atoms with Crippen LogP contribution in [-0.2, 0) is 13.2 Å². The Labute approximate surface area is 132 Å². The molecule has 0 saturated heterocycles. The molecule has 2 aromatic rings. The van der Waals surface area contributed by atoms with Crippen LogP contribution in [-0.4, -0.2) is 6.04 Å². The molecule has 0 aliphatic heterocycles. The second-order valence-electron chi connectivity index (χ2n) is 5.53. The van der Waals surface area contributed by atoms with Gasteiger partial charge in [-0.3, -0.25) is 0 Å². The maximum atomic E-state index is 6.17. The van der Waals surface area contributed by atoms with E-state index in [4.69, 9.17) is 16.3 Å². The molecule has 0 amide bonds. The average Bonchev–Trinajstić information content (AvgIpc) is 2.47. The van der Waals surface area contributed by atoms with E-state index >= 15 is 0 Å². The van der Waals surface area contributed by atoms with Gasteiger partial charge in [-0.25, -0.2) is 0 Å². The van der Waals surface area contributed by atoms with Crippen molar-refractivity contribution in [2.45, 2.75) is 40.0 Å². The number of aryl methyl sites for hydroxylation is 1. The number of hydrogen-bond donors (Lipinski definition) is 1. The van der Waals surface area contributed by atoms with Crippen LogP contribution in [0.15, 0.2) is 42.5 Å². The van der Waals surface area contributed by atoms with Crippen molar-refractivity contribution >= 4 is 11.6 Å². The molecule has 0 saturated carbocycles. The molecule has 0 aliphatic carbocycles. The highest BCUT2D eigenvalue weighted by molar-refractivity contribution is 6.32. The minimum Gasteiger partial charge on any atom is -0.487 e. The van der Waals surface area contributed by atoms with Crippen LogP contribution in [0.4, 0.5) is 0 Å². The molecular formula is C18H22ClNO. The second-order valence-corrected chi connectivity index (χ2v) is 5.93. The average molecular weight is 304 g/mol. The van der Waals surface area contributed by atoms with Crippen molar-refractivity contribution < 1.29 is 4.74 Å². The third kappa shape index (κ3) is 4.76. The fourth-order valence-corrected chi connectivity index (χ4v) is 2.23. The summed E-state index contributed by atoms with van der Waals surface area (Å²) >= 11 is 6.17. The maximum absolute atomic E-state index is 6.17. The Hall–Kier alpha value is -1.51. The van der Waals surface area contributed by atoms with Gasteiger partial charge in [-0.15, -0.1) is 0 Å². The minimum atomic E-state index is 0.463. The molecule has 0 bridgehead atoms. The van der Waals surface area contributed by atoms with Crippen LogP contribution in [0.3, 0.4) is 0 Å². The maximum Gasteiger partial charge on any atom is 0.138 e. The number of rotatable bonds is 6. The number of halogens is 1. The van der Waals surface area contributed by atoms with E-state index in [-0.39, 0.29) is 0 Å². The lowest BCUT2D eigenvalue weighted by Gasteiger charge is -2.14. The Morgan fingerprint density at radius 3 is 2.52 bits per heavy atom. The van der Waals surface area contributed by atoms with Crippen molar-refractivity contribution in [1.29, 1.82) is 0 Å². The molecule has 2 rings (SSSR count). The van der Waals surface area contributed by atoms with Crippen LogP contribution < -0.4 is 10.1 Å². The molecule has 112 valence electrons. The van der Waals surface area contributed by atoms with Gasteiger partial charge in [0.2, 0.25) is 0 Å². The summed E-state index contributed by atoms with van der Waals surface area (Å²) in [5.41, 5.74) is 3.59. The highest BCUT2D eigenvalue weighted by Gasteiger charge is 2.06. The third-order valence-electron chi connectivity index (χ3n) is 3.29. The van der Waals surface area contributed by atoms with Crippen LogP contribution in [0.5, 0.6) is 5.75 Å². The smallest absolute Gasteiger partial charge is 0.138 e. The first-order chi connectivity index (χ1) is 10.1. The molecule has 2 aromatic carbocycles. The van der Waals surface area contributed by atoms with Crippen molar-refractivity contribution in [2.75, 3.05) is 0 Å². The lowest BCUT2D eigenvalue weighted by atomic mass is 10.1. The van der Waals surface area contributed by atoms with Crippen molar-refractivity contribution in [3.8, 4) is 5.75 Å². The Balaban J connectivity index is 2.07. The van der Waals surface area contributed by atoms with Crippen molar-refractivity contribution in [1.82, 2.24) is 5.32 Å². The van der Waals surface area contributed by atoms with Crippen molar-refractivity contribution in [3.05, 3.63) is 64.2 Å². The first kappa shape index (κ1) is 15.9. The van der Waals surface area contributed by atoms with Gasteiger partial charge in [0.1, 0.15) is 12.4 Å². The molecule has 0 atom stereocenters. The number of nitrogens with one attached hydrogen (secondary N) is 1. The molecule has 3 heteroatoms. The topological polar surface area (TPSA) is 21.3 Å². The molecule has 21 heavy (non-hydrogen) atoms. The molecule has 0 aliphatic rings. The van der Waals surface area contributed by atoms with Crippen LogP contribution in [0.25, 0.3) is 0 Å². The summed E-state index contributed by atoms with van der Waals surface area (Å²) in [5, 5.41) is 4.09. The lowest BCUT2D eigenvalue weighted by Crippen LogP contribution is -2.22. The monoisotopic (exact) mass is 303 g/mol. The van der Waals surface area contributed by atoms with Gasteiger partial charge in [0.25, 0.3) is 0 Å². The third-order valence-corrected chi connectivity index (χ3v) is 3.60. The van der Waals surface area contributed by atoms with E-state index in [1.54, 1.807) is 0 Å². The molecule has 1 N–H and O–H groups in total. The lowest BCUT2D eigenvalue weighted by molar-refractivity contribution is 0.304. The zero-order chi connectivity index (χ0) is 15.2. The Bertz CT molecular complexity index is 596. The molecule has 2 nitrogen and oxygen atoms in total. The first-order valence-corrected chi connectivity index (χ1v) is 7.63. The summed E-state index contributed by atoms with van der Waals surface area (Å²) in [4.78, 5) is 0. The van der Waals surface area contributed by atoms with Gasteiger partial charge in [-0.1, -0.05) is 55.8 Å². The molecule has 0 heterocycles. The summed E-state index contributed by atoms with van der Waals surface area (Å²) < 4.78 is 5.89. The molecule has 0 spiro atoms. The summed E-state index contributed by atoms with van der Waals surface area (Å²) in [6, 6.07) is 14.6. The quantitative estimate of drug-likeness (QED) is 0.833. The Morgan fingerprint density at radius 2 is 1.81 bits per heavy atom. The van der Waals surface area contributed by atoms with E-state index in [0.29, 0.717) is 17.7 Å². The van der Waals surface area contributed by atoms with Crippen LogP contribution >= 0.6 is 11.6 Å². The largest absolute Gasteiger partial charge is 0.487 e. The fraction of sp³-hybridized carbons (Fsp3) is 0.333. The van der Waals surface area contributed by atoms with Crippen molar-refractivity contribution in [3.63, 3.8) is 0 Å². The van der Waals surface area contributed by atoms with Gasteiger partial charge in [-0.05, 0) is 35.7 Å². The molecule has 0 unspecified atom stereocenters. The van der Waals surface area contributed by atoms with E-state index in [1.807, 2.05) is 31.2 Å². The molecular weight excluding hydrogens is 282 g/mol. The van der Waals surface area contributed by atoms with E-state index < -0.39 is 0 Å². The van der Waals surface area contributed by atoms with E-state index in [2.05, 4.69) is 37.4 Å². The summed E-state index contributed by atoms with van der Waals surface area (Å²) in [6.07, 6.45) is 0. The zero-order valence-corrected chi connectivity index (χ0v) is 13.6. The van der Waals surface area contributed by atoms with Gasteiger partial charge in [0, 0.05) is 12.6 Å². The number of hydrogen-bond acceptors (Lipinski definition) is 2. The molecule has 0 aromatic heterocycles. The first-order valence-electron chi connectivity index (χ1n) is 7.25. The van der Waals surface area contributed by atoms with E-state index in [0.717, 1.165) is 17.9 Å². The number of benzene rings is 2. The van der Waals surface area contributed by atoms with E-state index in [1.165, 1.54) is 11.1 Å². The Kier molecular flexibility index (Phi) is 5.66. The fourth-order valence-electron chi connectivity index (χ4n) is 2.06. The van der Waals surface area contributed by atoms with Gasteiger partial charge < -0.3 is 10.1 Å². The highest BCUT2D eigenvalue weighted by Crippen LogP contribution is 2.26. The summed E-state index contributed by atoms with van der Waals surface area (Å²) in [6.45, 7) is 7.69. The Morgan fingerprint density at radius 1 is 1.10 bits per heavy atom. The highest BCUT2D eigenvalue weighted by atomic mass is 35.5. The van der Waals surface area contributed by atoms with Gasteiger partial charge in [-0.2, -0.15) is 0 Å². The van der Waals surface area contributed by atoms with Crippen LogP contribution in [0, 0.1) is 6.92 Å².